The van der Waals surface area contributed by atoms with Crippen LogP contribution in [-0.2, 0) is 4.74 Å². The van der Waals surface area contributed by atoms with Gasteiger partial charge in [0.05, 0.1) is 5.69 Å². The van der Waals surface area contributed by atoms with Crippen LogP contribution in [0.25, 0.3) is 0 Å². The molecular weight excluding hydrogens is 228 g/mol. The molecule has 0 saturated heterocycles. The normalized spacial score (nSPS) is 10.3. The van der Waals surface area contributed by atoms with E-state index in [2.05, 4.69) is 4.98 Å². The maximum atomic E-state index is 10.7. The van der Waals surface area contributed by atoms with Gasteiger partial charge in [0, 0.05) is 19.5 Å². The molecule has 0 atom stereocenters. The van der Waals surface area contributed by atoms with Crippen molar-refractivity contribution in [2.24, 2.45) is 0 Å². The Bertz CT molecular complexity index is 371. The first-order valence-electron chi connectivity index (χ1n) is 4.76. The zero-order valence-electron chi connectivity index (χ0n) is 8.97. The van der Waals surface area contributed by atoms with E-state index in [9.17, 15) is 4.79 Å². The summed E-state index contributed by atoms with van der Waals surface area (Å²) in [6.45, 7) is 0.672. The number of rotatable bonds is 6. The second-order valence-corrected chi connectivity index (χ2v) is 4.17. The molecule has 88 valence electrons. The van der Waals surface area contributed by atoms with Crippen molar-refractivity contribution in [1.82, 2.24) is 4.98 Å². The number of aromatic nitrogens is 1. The second kappa shape index (κ2) is 6.34. The molecule has 0 radical (unpaired) electrons. The molecule has 0 fully saturated rings. The largest absolute Gasteiger partial charge is 0.477 e. The Balaban J connectivity index is 2.63. The fourth-order valence-electron chi connectivity index (χ4n) is 1.06. The minimum atomic E-state index is -1.04. The van der Waals surface area contributed by atoms with Crippen LogP contribution in [0.4, 0.5) is 5.69 Å². The highest BCUT2D eigenvalue weighted by Gasteiger charge is 2.08. The Morgan fingerprint density at radius 2 is 2.38 bits per heavy atom. The SMILES string of the molecule is COCCCSc1nc(C(=O)O)ccc1N. The van der Waals surface area contributed by atoms with Crippen LogP contribution >= 0.6 is 11.8 Å². The van der Waals surface area contributed by atoms with Crippen molar-refractivity contribution in [3.63, 3.8) is 0 Å². The molecule has 0 unspecified atom stereocenters. The third-order valence-corrected chi connectivity index (χ3v) is 2.93. The predicted molar refractivity (Wildman–Crippen MR) is 62.8 cm³/mol. The molecule has 6 heteroatoms. The summed E-state index contributed by atoms with van der Waals surface area (Å²) in [5, 5.41) is 9.34. The number of nitrogen functional groups attached to an aromatic ring is 1. The summed E-state index contributed by atoms with van der Waals surface area (Å²) < 4.78 is 4.91. The van der Waals surface area contributed by atoms with Gasteiger partial charge in [-0.15, -0.1) is 11.8 Å². The van der Waals surface area contributed by atoms with E-state index in [0.29, 0.717) is 17.3 Å². The number of carboxylic acid groups (broad SMARTS) is 1. The highest BCUT2D eigenvalue weighted by Crippen LogP contribution is 2.23. The molecule has 1 aromatic rings. The fraction of sp³-hybridized carbons (Fsp3) is 0.400. The van der Waals surface area contributed by atoms with Crippen LogP contribution in [0.3, 0.4) is 0 Å². The van der Waals surface area contributed by atoms with Crippen LogP contribution in [0.15, 0.2) is 17.2 Å². The maximum absolute atomic E-state index is 10.7. The van der Waals surface area contributed by atoms with Gasteiger partial charge in [0.25, 0.3) is 0 Å². The first kappa shape index (κ1) is 12.8. The van der Waals surface area contributed by atoms with E-state index in [1.165, 1.54) is 17.8 Å². The topological polar surface area (TPSA) is 85.4 Å². The van der Waals surface area contributed by atoms with Gasteiger partial charge in [-0.3, -0.25) is 0 Å². The Labute approximate surface area is 98.0 Å². The lowest BCUT2D eigenvalue weighted by molar-refractivity contribution is 0.0690. The molecule has 0 aliphatic carbocycles. The quantitative estimate of drug-likeness (QED) is 0.580. The van der Waals surface area contributed by atoms with Crippen molar-refractivity contribution in [3.8, 4) is 0 Å². The molecule has 5 nitrogen and oxygen atoms in total. The van der Waals surface area contributed by atoms with Crippen molar-refractivity contribution in [2.75, 3.05) is 25.2 Å². The fourth-order valence-corrected chi connectivity index (χ4v) is 1.91. The van der Waals surface area contributed by atoms with Crippen molar-refractivity contribution < 1.29 is 14.6 Å². The minimum Gasteiger partial charge on any atom is -0.477 e. The third kappa shape index (κ3) is 3.71. The highest BCUT2D eigenvalue weighted by atomic mass is 32.2. The molecule has 0 aromatic carbocycles. The molecule has 1 rings (SSSR count). The summed E-state index contributed by atoms with van der Waals surface area (Å²) in [5.41, 5.74) is 6.22. The molecule has 0 aliphatic rings. The molecule has 1 heterocycles. The number of anilines is 1. The second-order valence-electron chi connectivity index (χ2n) is 3.09. The van der Waals surface area contributed by atoms with Crippen molar-refractivity contribution in [3.05, 3.63) is 17.8 Å². The lowest BCUT2D eigenvalue weighted by Crippen LogP contribution is -2.03. The maximum Gasteiger partial charge on any atom is 0.354 e. The molecule has 1 aromatic heterocycles. The Kier molecular flexibility index (Phi) is 5.07. The zero-order valence-corrected chi connectivity index (χ0v) is 9.79. The molecule has 16 heavy (non-hydrogen) atoms. The standard InChI is InChI=1S/C10H14N2O3S/c1-15-5-2-6-16-9-7(11)3-4-8(12-9)10(13)14/h3-4H,2,5-6,11H2,1H3,(H,13,14). The number of carbonyl (C=O) groups is 1. The van der Waals surface area contributed by atoms with E-state index in [-0.39, 0.29) is 5.69 Å². The number of thioether (sulfide) groups is 1. The molecule has 0 amide bonds. The van der Waals surface area contributed by atoms with Crippen LogP contribution in [0, 0.1) is 0 Å². The summed E-state index contributed by atoms with van der Waals surface area (Å²) in [4.78, 5) is 14.7. The molecule has 0 bridgehead atoms. The number of aromatic carboxylic acids is 1. The Morgan fingerprint density at radius 1 is 1.62 bits per heavy atom. The summed E-state index contributed by atoms with van der Waals surface area (Å²) in [6.07, 6.45) is 0.875. The lowest BCUT2D eigenvalue weighted by Gasteiger charge is -2.05. The Morgan fingerprint density at radius 3 is 3.00 bits per heavy atom. The van der Waals surface area contributed by atoms with Crippen molar-refractivity contribution in [2.45, 2.75) is 11.4 Å². The van der Waals surface area contributed by atoms with Gasteiger partial charge in [-0.1, -0.05) is 0 Å². The van der Waals surface area contributed by atoms with E-state index in [1.54, 1.807) is 13.2 Å². The number of ether oxygens (including phenoxy) is 1. The number of carboxylic acids is 1. The van der Waals surface area contributed by atoms with Crippen LogP contribution in [0.5, 0.6) is 0 Å². The monoisotopic (exact) mass is 242 g/mol. The highest BCUT2D eigenvalue weighted by molar-refractivity contribution is 7.99. The van der Waals surface area contributed by atoms with Crippen LogP contribution in [-0.4, -0.2) is 35.5 Å². The van der Waals surface area contributed by atoms with E-state index < -0.39 is 5.97 Å². The van der Waals surface area contributed by atoms with E-state index in [1.807, 2.05) is 0 Å². The van der Waals surface area contributed by atoms with Gasteiger partial charge in [-0.25, -0.2) is 9.78 Å². The number of pyridine rings is 1. The van der Waals surface area contributed by atoms with Gasteiger partial charge in [-0.2, -0.15) is 0 Å². The average Bonchev–Trinajstić information content (AvgIpc) is 2.26. The van der Waals surface area contributed by atoms with Gasteiger partial charge >= 0.3 is 5.97 Å². The van der Waals surface area contributed by atoms with Gasteiger partial charge < -0.3 is 15.6 Å². The number of nitrogens with two attached hydrogens (primary N) is 1. The number of nitrogens with zero attached hydrogens (tertiary/aromatic N) is 1. The molecule has 0 spiro atoms. The van der Waals surface area contributed by atoms with Gasteiger partial charge in [0.1, 0.15) is 10.7 Å². The van der Waals surface area contributed by atoms with E-state index in [0.717, 1.165) is 12.2 Å². The zero-order chi connectivity index (χ0) is 12.0. The van der Waals surface area contributed by atoms with Gasteiger partial charge in [-0.05, 0) is 18.6 Å². The van der Waals surface area contributed by atoms with Crippen LogP contribution in [0.2, 0.25) is 0 Å². The predicted octanol–water partition coefficient (Wildman–Crippen LogP) is 1.49. The smallest absolute Gasteiger partial charge is 0.354 e. The van der Waals surface area contributed by atoms with E-state index >= 15 is 0 Å². The average molecular weight is 242 g/mol. The summed E-state index contributed by atoms with van der Waals surface area (Å²) in [5.74, 6) is -0.243. The molecule has 0 saturated carbocycles. The Hall–Kier alpha value is -1.27. The summed E-state index contributed by atoms with van der Waals surface area (Å²) in [6, 6.07) is 2.96. The van der Waals surface area contributed by atoms with Crippen molar-refractivity contribution >= 4 is 23.4 Å². The van der Waals surface area contributed by atoms with Gasteiger partial charge in [0.15, 0.2) is 0 Å². The third-order valence-electron chi connectivity index (χ3n) is 1.84. The van der Waals surface area contributed by atoms with Crippen LogP contribution in [0.1, 0.15) is 16.9 Å². The first-order chi connectivity index (χ1) is 7.65. The minimum absolute atomic E-state index is 0.0171. The molecular formula is C10H14N2O3S. The van der Waals surface area contributed by atoms with Crippen LogP contribution < -0.4 is 5.73 Å². The summed E-state index contributed by atoms with van der Waals surface area (Å²) >= 11 is 1.44. The van der Waals surface area contributed by atoms with Gasteiger partial charge in [0.2, 0.25) is 0 Å². The molecule has 3 N–H and O–H groups in total. The number of hydrogen-bond acceptors (Lipinski definition) is 5. The summed E-state index contributed by atoms with van der Waals surface area (Å²) in [7, 11) is 1.64. The number of methoxy groups -OCH3 is 1. The lowest BCUT2D eigenvalue weighted by atomic mass is 10.3. The molecule has 0 aliphatic heterocycles. The van der Waals surface area contributed by atoms with E-state index in [4.69, 9.17) is 15.6 Å². The first-order valence-corrected chi connectivity index (χ1v) is 5.75. The number of hydrogen-bond donors (Lipinski definition) is 2. The van der Waals surface area contributed by atoms with Crippen molar-refractivity contribution in [1.29, 1.82) is 0 Å².